The van der Waals surface area contributed by atoms with Crippen LogP contribution in [0.5, 0.6) is 0 Å². The van der Waals surface area contributed by atoms with Crippen LogP contribution in [0.1, 0.15) is 72.9 Å². The van der Waals surface area contributed by atoms with E-state index in [4.69, 9.17) is 4.65 Å². The molecule has 0 fully saturated rings. The molecule has 0 aliphatic carbocycles. The second kappa shape index (κ2) is 10.6. The van der Waals surface area contributed by atoms with Crippen LogP contribution in [0.15, 0.2) is 30.9 Å². The van der Waals surface area contributed by atoms with Crippen molar-refractivity contribution < 1.29 is 9.45 Å². The fraction of sp³-hybridized carbons (Fsp3) is 0.591. The summed E-state index contributed by atoms with van der Waals surface area (Å²) in [4.78, 5) is 11.7. The van der Waals surface area contributed by atoms with Gasteiger partial charge in [-0.15, -0.1) is 0 Å². The molecule has 0 unspecified atom stereocenters. The number of carbonyl (C=O) groups is 1. The molecule has 0 saturated carbocycles. The molecule has 0 saturated heterocycles. The van der Waals surface area contributed by atoms with E-state index in [-0.39, 0.29) is 16.8 Å². The highest BCUT2D eigenvalue weighted by Crippen LogP contribution is 2.32. The Bertz CT molecular complexity index is 554. The van der Waals surface area contributed by atoms with Crippen molar-refractivity contribution in [3.05, 3.63) is 42.0 Å². The average molecular weight is 343 g/mol. The predicted octanol–water partition coefficient (Wildman–Crippen LogP) is 5.05. The Hall–Kier alpha value is -1.35. The molecule has 0 amide bonds. The number of carbonyl (C=O) groups excluding carboxylic acids is 1. The third-order valence-electron chi connectivity index (χ3n) is 4.64. The van der Waals surface area contributed by atoms with E-state index in [9.17, 15) is 4.79 Å². The highest BCUT2D eigenvalue weighted by molar-refractivity contribution is 6.47. The van der Waals surface area contributed by atoms with Crippen molar-refractivity contribution in [3.63, 3.8) is 0 Å². The minimum absolute atomic E-state index is 0.0350. The molecule has 0 bridgehead atoms. The quantitative estimate of drug-likeness (QED) is 0.488. The van der Waals surface area contributed by atoms with Crippen LogP contribution in [-0.2, 0) is 22.3 Å². The van der Waals surface area contributed by atoms with Crippen LogP contribution in [0.25, 0.3) is 0 Å². The average Bonchev–Trinajstić information content (AvgIpc) is 2.56. The van der Waals surface area contributed by atoms with Crippen molar-refractivity contribution >= 4 is 18.7 Å². The van der Waals surface area contributed by atoms with Gasteiger partial charge in [0, 0.05) is 6.42 Å². The molecule has 0 aliphatic rings. The minimum Gasteiger partial charge on any atom is -0.429 e. The fourth-order valence-electron chi connectivity index (χ4n) is 2.05. The van der Waals surface area contributed by atoms with E-state index in [2.05, 4.69) is 66.3 Å². The lowest BCUT2D eigenvalue weighted by Gasteiger charge is -2.39. The van der Waals surface area contributed by atoms with Crippen LogP contribution in [0.3, 0.4) is 0 Å². The van der Waals surface area contributed by atoms with Gasteiger partial charge in [-0.3, -0.25) is 4.79 Å². The topological polar surface area (TPSA) is 26.3 Å². The standard InChI is InChI=1S/C20H30BO2.C2H6/c1-8-10-15-11-12-17(13-16(15)14-18(22)9-2)21-23-20(6,7)19(3,4)5;1-2/h9,11-13H,2,8,10,14H2,1,3-7H3;1-2H3. The second-order valence-corrected chi connectivity index (χ2v) is 7.62. The molecular weight excluding hydrogens is 307 g/mol. The largest absolute Gasteiger partial charge is 0.429 e. The van der Waals surface area contributed by atoms with Gasteiger partial charge in [0.1, 0.15) is 0 Å². The summed E-state index contributed by atoms with van der Waals surface area (Å²) in [6, 6.07) is 6.23. The molecule has 1 aromatic rings. The third kappa shape index (κ3) is 7.60. The smallest absolute Gasteiger partial charge is 0.330 e. The van der Waals surface area contributed by atoms with Gasteiger partial charge < -0.3 is 4.65 Å². The molecule has 0 spiro atoms. The first kappa shape index (κ1) is 23.7. The van der Waals surface area contributed by atoms with Crippen molar-refractivity contribution in [2.75, 3.05) is 0 Å². The molecule has 1 aromatic carbocycles. The molecule has 3 heteroatoms. The maximum atomic E-state index is 11.7. The van der Waals surface area contributed by atoms with Gasteiger partial charge in [0.05, 0.1) is 5.60 Å². The summed E-state index contributed by atoms with van der Waals surface area (Å²) in [6.07, 6.45) is 3.84. The van der Waals surface area contributed by atoms with Crippen molar-refractivity contribution in [3.8, 4) is 0 Å². The predicted molar refractivity (Wildman–Crippen MR) is 111 cm³/mol. The Morgan fingerprint density at radius 2 is 1.76 bits per heavy atom. The molecule has 2 nitrogen and oxygen atoms in total. The first-order chi connectivity index (χ1) is 11.6. The third-order valence-corrected chi connectivity index (χ3v) is 4.64. The molecule has 0 aliphatic heterocycles. The van der Waals surface area contributed by atoms with Crippen LogP contribution < -0.4 is 5.46 Å². The van der Waals surface area contributed by atoms with Crippen LogP contribution in [0.2, 0.25) is 0 Å². The van der Waals surface area contributed by atoms with Gasteiger partial charge in [-0.05, 0) is 42.9 Å². The second-order valence-electron chi connectivity index (χ2n) is 7.62. The summed E-state index contributed by atoms with van der Waals surface area (Å²) in [6.45, 7) is 20.4. The Balaban J connectivity index is 0.00000277. The van der Waals surface area contributed by atoms with Crippen molar-refractivity contribution in [1.82, 2.24) is 0 Å². The summed E-state index contributed by atoms with van der Waals surface area (Å²) in [7, 11) is 1.81. The zero-order valence-electron chi connectivity index (χ0n) is 17.5. The zero-order chi connectivity index (χ0) is 19.7. The first-order valence-corrected chi connectivity index (χ1v) is 9.39. The number of rotatable bonds is 8. The van der Waals surface area contributed by atoms with E-state index in [1.807, 2.05) is 21.3 Å². The number of aryl methyl sites for hydroxylation is 1. The number of allylic oxidation sites excluding steroid dienone is 1. The zero-order valence-corrected chi connectivity index (χ0v) is 17.5. The van der Waals surface area contributed by atoms with E-state index in [1.54, 1.807) is 0 Å². The van der Waals surface area contributed by atoms with E-state index >= 15 is 0 Å². The van der Waals surface area contributed by atoms with Crippen molar-refractivity contribution in [2.24, 2.45) is 5.41 Å². The highest BCUT2D eigenvalue weighted by Gasteiger charge is 2.33. The van der Waals surface area contributed by atoms with Crippen LogP contribution >= 0.6 is 0 Å². The maximum Gasteiger partial charge on any atom is 0.330 e. The van der Waals surface area contributed by atoms with Gasteiger partial charge >= 0.3 is 7.48 Å². The molecule has 0 N–H and O–H groups in total. The molecule has 0 heterocycles. The van der Waals surface area contributed by atoms with Gasteiger partial charge in [0.15, 0.2) is 5.78 Å². The monoisotopic (exact) mass is 343 g/mol. The summed E-state index contributed by atoms with van der Waals surface area (Å²) < 4.78 is 6.04. The van der Waals surface area contributed by atoms with Crippen molar-refractivity contribution in [2.45, 2.75) is 80.3 Å². The number of hydrogen-bond donors (Lipinski definition) is 0. The fourth-order valence-corrected chi connectivity index (χ4v) is 2.05. The lowest BCUT2D eigenvalue weighted by molar-refractivity contribution is -0.114. The number of hydrogen-bond acceptors (Lipinski definition) is 2. The molecule has 0 atom stereocenters. The van der Waals surface area contributed by atoms with Gasteiger partial charge in [0.2, 0.25) is 0 Å². The van der Waals surface area contributed by atoms with Crippen LogP contribution in [-0.4, -0.2) is 18.9 Å². The van der Waals surface area contributed by atoms with Gasteiger partial charge in [-0.2, -0.15) is 0 Å². The van der Waals surface area contributed by atoms with E-state index in [0.717, 1.165) is 23.9 Å². The van der Waals surface area contributed by atoms with Crippen molar-refractivity contribution in [1.29, 1.82) is 0 Å². The van der Waals surface area contributed by atoms with Gasteiger partial charge in [0.25, 0.3) is 0 Å². The number of benzene rings is 1. The molecule has 25 heavy (non-hydrogen) atoms. The summed E-state index contributed by atoms with van der Waals surface area (Å²) in [5.41, 5.74) is 3.06. The summed E-state index contributed by atoms with van der Waals surface area (Å²) >= 11 is 0. The highest BCUT2D eigenvalue weighted by atomic mass is 16.5. The van der Waals surface area contributed by atoms with Crippen LogP contribution in [0.4, 0.5) is 0 Å². The molecule has 0 aromatic heterocycles. The van der Waals surface area contributed by atoms with E-state index in [0.29, 0.717) is 6.42 Å². The Morgan fingerprint density at radius 3 is 2.24 bits per heavy atom. The molecule has 139 valence electrons. The first-order valence-electron chi connectivity index (χ1n) is 9.39. The van der Waals surface area contributed by atoms with E-state index < -0.39 is 0 Å². The SMILES string of the molecule is C=CC(=O)Cc1cc([B]OC(C)(C)C(C)(C)C)ccc1CCC.CC. The van der Waals surface area contributed by atoms with E-state index in [1.165, 1.54) is 11.6 Å². The summed E-state index contributed by atoms with van der Waals surface area (Å²) in [5.74, 6) is 0.0513. The Morgan fingerprint density at radius 1 is 1.16 bits per heavy atom. The van der Waals surface area contributed by atoms with Crippen LogP contribution in [0, 0.1) is 5.41 Å². The van der Waals surface area contributed by atoms with Gasteiger partial charge in [-0.25, -0.2) is 0 Å². The minimum atomic E-state index is -0.272. The normalized spacial score (nSPS) is 11.4. The lowest BCUT2D eigenvalue weighted by Crippen LogP contribution is -2.42. The molecule has 1 radical (unpaired) electrons. The summed E-state index contributed by atoms with van der Waals surface area (Å²) in [5, 5.41) is 0. The Labute approximate surface area is 156 Å². The number of ketones is 1. The molecule has 1 rings (SSSR count). The Kier molecular flexibility index (Phi) is 10.0. The van der Waals surface area contributed by atoms with Gasteiger partial charge in [-0.1, -0.05) is 78.2 Å². The maximum absolute atomic E-state index is 11.7. The molecular formula is C22H36BO2. The lowest BCUT2D eigenvalue weighted by atomic mass is 9.76.